The minimum atomic E-state index is -3.95. The van der Waals surface area contributed by atoms with Crippen LogP contribution in [0.5, 0.6) is 0 Å². The van der Waals surface area contributed by atoms with E-state index in [1.54, 1.807) is 25.1 Å². The smallest absolute Gasteiger partial charge is 0.247 e. The van der Waals surface area contributed by atoms with Crippen molar-refractivity contribution in [3.05, 3.63) is 59.7 Å². The summed E-state index contributed by atoms with van der Waals surface area (Å²) >= 11 is 0. The van der Waals surface area contributed by atoms with Gasteiger partial charge in [-0.15, -0.1) is 0 Å². The lowest BCUT2D eigenvalue weighted by atomic mass is 9.93. The summed E-state index contributed by atoms with van der Waals surface area (Å²) < 4.78 is 28.1. The molecule has 0 bridgehead atoms. The molecule has 4 rings (SSSR count). The number of nitrogens with one attached hydrogen (secondary N) is 1. The minimum Gasteiger partial charge on any atom is -0.351 e. The average Bonchev–Trinajstić information content (AvgIpc) is 3.07. The van der Waals surface area contributed by atoms with Gasteiger partial charge in [-0.05, 0) is 69.0 Å². The monoisotopic (exact) mass is 497 g/mol. The molecule has 0 aromatic heterocycles. The highest BCUT2D eigenvalue weighted by Crippen LogP contribution is 2.33. The molecule has 1 aliphatic heterocycles. The van der Waals surface area contributed by atoms with Crippen LogP contribution in [0.3, 0.4) is 0 Å². The van der Waals surface area contributed by atoms with Gasteiger partial charge in [0.1, 0.15) is 5.54 Å². The summed E-state index contributed by atoms with van der Waals surface area (Å²) in [5.41, 5.74) is 1.16. The van der Waals surface area contributed by atoms with Crippen LogP contribution in [-0.2, 0) is 19.6 Å². The topological polar surface area (TPSA) is 86.8 Å². The second-order valence-corrected chi connectivity index (χ2v) is 12.0. The van der Waals surface area contributed by atoms with Crippen molar-refractivity contribution >= 4 is 27.5 Å². The van der Waals surface area contributed by atoms with Gasteiger partial charge >= 0.3 is 0 Å². The molecule has 0 radical (unpaired) electrons. The van der Waals surface area contributed by atoms with Crippen LogP contribution in [0.4, 0.5) is 5.69 Å². The Kier molecular flexibility index (Phi) is 7.33. The number of hydrogen-bond donors (Lipinski definition) is 1. The molecule has 2 amide bonds. The highest BCUT2D eigenvalue weighted by atomic mass is 32.2. The van der Waals surface area contributed by atoms with Gasteiger partial charge in [0.05, 0.1) is 11.4 Å². The van der Waals surface area contributed by atoms with E-state index in [1.165, 1.54) is 17.0 Å². The number of rotatable bonds is 5. The molecule has 0 spiro atoms. The van der Waals surface area contributed by atoms with Gasteiger partial charge in [-0.25, -0.2) is 8.42 Å². The third-order valence-electron chi connectivity index (χ3n) is 7.06. The molecule has 2 aliphatic rings. The Labute approximate surface area is 208 Å². The normalized spacial score (nSPS) is 22.6. The molecule has 188 valence electrons. The van der Waals surface area contributed by atoms with E-state index in [0.29, 0.717) is 5.69 Å². The van der Waals surface area contributed by atoms with Gasteiger partial charge < -0.3 is 5.32 Å². The minimum absolute atomic E-state index is 0.0270. The highest BCUT2D eigenvalue weighted by Gasteiger charge is 2.51. The van der Waals surface area contributed by atoms with Crippen LogP contribution >= 0.6 is 0 Å². The van der Waals surface area contributed by atoms with E-state index < -0.39 is 21.5 Å². The Balaban J connectivity index is 1.73. The Morgan fingerprint density at radius 3 is 2.17 bits per heavy atom. The third kappa shape index (κ3) is 5.28. The van der Waals surface area contributed by atoms with Crippen LogP contribution in [-0.4, -0.2) is 49.2 Å². The summed E-state index contributed by atoms with van der Waals surface area (Å²) in [4.78, 5) is 29.1. The number of benzene rings is 2. The van der Waals surface area contributed by atoms with Crippen molar-refractivity contribution in [2.75, 3.05) is 18.0 Å². The number of sulfonamides is 1. The zero-order valence-electron chi connectivity index (χ0n) is 20.8. The number of carbonyl (C=O) groups excluding carboxylic acids is 2. The fourth-order valence-electron chi connectivity index (χ4n) is 5.32. The molecule has 1 aliphatic carbocycles. The van der Waals surface area contributed by atoms with Crippen molar-refractivity contribution in [1.29, 1.82) is 0 Å². The number of carbonyl (C=O) groups is 2. The number of anilines is 1. The van der Waals surface area contributed by atoms with Gasteiger partial charge in [0, 0.05) is 18.3 Å². The molecule has 1 atom stereocenters. The summed E-state index contributed by atoms with van der Waals surface area (Å²) in [6.45, 7) is 5.12. The standard InChI is InChI=1S/C27H35N3O4S/c1-20-15-21(2)17-23(16-20)30-25(31)18-29(35(33,34)24-13-9-6-10-14-24)19-27(30,3)26(32)28-22-11-7-4-5-8-12-22/h6,9-10,13-17,22H,4-5,7-8,11-12,18-19H2,1-3H3,(H,28,32). The lowest BCUT2D eigenvalue weighted by molar-refractivity contribution is -0.133. The fraction of sp³-hybridized carbons (Fsp3) is 0.481. The first-order valence-corrected chi connectivity index (χ1v) is 13.8. The van der Waals surface area contributed by atoms with Gasteiger partial charge in [0.2, 0.25) is 21.8 Å². The van der Waals surface area contributed by atoms with E-state index in [0.717, 1.165) is 54.0 Å². The number of hydrogen-bond acceptors (Lipinski definition) is 4. The number of aryl methyl sites for hydroxylation is 2. The van der Waals surface area contributed by atoms with E-state index in [1.807, 2.05) is 32.0 Å². The van der Waals surface area contributed by atoms with Gasteiger partial charge in [0.15, 0.2) is 0 Å². The van der Waals surface area contributed by atoms with E-state index in [-0.39, 0.29) is 29.9 Å². The molecular formula is C27H35N3O4S. The van der Waals surface area contributed by atoms with Gasteiger partial charge in [0.25, 0.3) is 0 Å². The largest absolute Gasteiger partial charge is 0.351 e. The van der Waals surface area contributed by atoms with Crippen molar-refractivity contribution in [2.24, 2.45) is 0 Å². The summed E-state index contributed by atoms with van der Waals surface area (Å²) in [5.74, 6) is -0.732. The second-order valence-electron chi connectivity index (χ2n) is 10.1. The lowest BCUT2D eigenvalue weighted by Crippen LogP contribution is -2.70. The number of amides is 2. The lowest BCUT2D eigenvalue weighted by Gasteiger charge is -2.47. The van der Waals surface area contributed by atoms with E-state index in [2.05, 4.69) is 5.32 Å². The van der Waals surface area contributed by atoms with E-state index in [9.17, 15) is 18.0 Å². The summed E-state index contributed by atoms with van der Waals surface area (Å²) in [6.07, 6.45) is 6.20. The molecule has 1 saturated carbocycles. The van der Waals surface area contributed by atoms with Gasteiger partial charge in [-0.3, -0.25) is 14.5 Å². The SMILES string of the molecule is Cc1cc(C)cc(N2C(=O)CN(S(=O)(=O)c3ccccc3)CC2(C)C(=O)NC2CCCCCC2)c1. The van der Waals surface area contributed by atoms with Crippen molar-refractivity contribution in [1.82, 2.24) is 9.62 Å². The summed E-state index contributed by atoms with van der Waals surface area (Å²) in [7, 11) is -3.95. The number of nitrogens with zero attached hydrogens (tertiary/aromatic N) is 2. The van der Waals surface area contributed by atoms with Crippen LogP contribution in [0.1, 0.15) is 56.6 Å². The Morgan fingerprint density at radius 2 is 1.57 bits per heavy atom. The zero-order valence-corrected chi connectivity index (χ0v) is 21.6. The summed E-state index contributed by atoms with van der Waals surface area (Å²) in [6, 6.07) is 13.9. The molecule has 1 heterocycles. The predicted octanol–water partition coefficient (Wildman–Crippen LogP) is 3.94. The first kappa shape index (κ1) is 25.4. The van der Waals surface area contributed by atoms with Crippen molar-refractivity contribution in [3.63, 3.8) is 0 Å². The van der Waals surface area contributed by atoms with E-state index >= 15 is 0 Å². The molecule has 7 nitrogen and oxygen atoms in total. The van der Waals surface area contributed by atoms with Gasteiger partial charge in [-0.1, -0.05) is 49.9 Å². The maximum absolute atomic E-state index is 13.9. The average molecular weight is 498 g/mol. The fourth-order valence-corrected chi connectivity index (χ4v) is 6.83. The molecule has 2 fully saturated rings. The molecule has 2 aromatic carbocycles. The molecular weight excluding hydrogens is 462 g/mol. The Hall–Kier alpha value is -2.71. The molecule has 35 heavy (non-hydrogen) atoms. The molecule has 1 N–H and O–H groups in total. The van der Waals surface area contributed by atoms with Crippen molar-refractivity contribution < 1.29 is 18.0 Å². The van der Waals surface area contributed by atoms with E-state index in [4.69, 9.17) is 0 Å². The maximum Gasteiger partial charge on any atom is 0.247 e. The van der Waals surface area contributed by atoms with Crippen LogP contribution in [0.2, 0.25) is 0 Å². The highest BCUT2D eigenvalue weighted by molar-refractivity contribution is 7.89. The first-order valence-electron chi connectivity index (χ1n) is 12.4. The second kappa shape index (κ2) is 10.1. The van der Waals surface area contributed by atoms with Crippen molar-refractivity contribution in [2.45, 2.75) is 75.8 Å². The molecule has 1 unspecified atom stereocenters. The van der Waals surface area contributed by atoms with Crippen LogP contribution in [0.25, 0.3) is 0 Å². The van der Waals surface area contributed by atoms with Gasteiger partial charge in [-0.2, -0.15) is 4.31 Å². The first-order chi connectivity index (χ1) is 16.6. The van der Waals surface area contributed by atoms with Crippen molar-refractivity contribution in [3.8, 4) is 0 Å². The Bertz CT molecular complexity index is 1170. The maximum atomic E-state index is 13.9. The number of piperazine rings is 1. The molecule has 8 heteroatoms. The third-order valence-corrected chi connectivity index (χ3v) is 8.87. The molecule has 2 aromatic rings. The quantitative estimate of drug-likeness (QED) is 0.634. The van der Waals surface area contributed by atoms with Crippen LogP contribution in [0, 0.1) is 13.8 Å². The summed E-state index contributed by atoms with van der Waals surface area (Å²) in [5, 5.41) is 3.18. The zero-order chi connectivity index (χ0) is 25.2. The van der Waals surface area contributed by atoms with Crippen LogP contribution in [0.15, 0.2) is 53.4 Å². The van der Waals surface area contributed by atoms with Crippen LogP contribution < -0.4 is 10.2 Å². The molecule has 1 saturated heterocycles. The predicted molar refractivity (Wildman–Crippen MR) is 137 cm³/mol. The Morgan fingerprint density at radius 1 is 0.971 bits per heavy atom.